The number of carbonyl (C=O) groups is 2. The Kier molecular flexibility index (Phi) is 5.64. The molecule has 0 spiro atoms. The molecule has 0 aliphatic carbocycles. The van der Waals surface area contributed by atoms with Gasteiger partial charge >= 0.3 is 0 Å². The maximum Gasteiger partial charge on any atom is 0.274 e. The zero-order chi connectivity index (χ0) is 23.0. The molecule has 0 unspecified atom stereocenters. The molecule has 2 aliphatic rings. The molecule has 11 heteroatoms. The van der Waals surface area contributed by atoms with Crippen LogP contribution in [-0.2, 0) is 9.59 Å². The number of fused-ring (bicyclic) bond motifs is 1. The van der Waals surface area contributed by atoms with Gasteiger partial charge in [-0.25, -0.2) is 0 Å². The summed E-state index contributed by atoms with van der Waals surface area (Å²) in [6.07, 6.45) is 1.72. The highest BCUT2D eigenvalue weighted by Crippen LogP contribution is 2.31. The minimum absolute atomic E-state index is 0.0775. The van der Waals surface area contributed by atoms with E-state index in [0.29, 0.717) is 17.4 Å². The SMILES string of the molecule is Cc1ccc(NC(=O)[C@H]2CC(=O)Nc3nc(N4CCC(C)CC4)[nH]c(=O)c32)cc1[N+](=O)[O-]. The second-order valence-electron chi connectivity index (χ2n) is 8.37. The molecule has 3 heterocycles. The lowest BCUT2D eigenvalue weighted by molar-refractivity contribution is -0.385. The van der Waals surface area contributed by atoms with Gasteiger partial charge in [0.15, 0.2) is 0 Å². The van der Waals surface area contributed by atoms with Gasteiger partial charge in [0.05, 0.1) is 16.4 Å². The maximum atomic E-state index is 13.0. The molecule has 1 fully saturated rings. The number of benzene rings is 1. The highest BCUT2D eigenvalue weighted by molar-refractivity contribution is 6.04. The van der Waals surface area contributed by atoms with Crippen molar-refractivity contribution < 1.29 is 14.5 Å². The molecule has 0 saturated carbocycles. The number of H-pyrrole nitrogens is 1. The Morgan fingerprint density at radius 1 is 1.28 bits per heavy atom. The number of piperidine rings is 1. The van der Waals surface area contributed by atoms with Gasteiger partial charge in [-0.3, -0.25) is 29.5 Å². The summed E-state index contributed by atoms with van der Waals surface area (Å²) in [6, 6.07) is 4.31. The third-order valence-electron chi connectivity index (χ3n) is 6.01. The predicted octanol–water partition coefficient (Wildman–Crippen LogP) is 2.29. The van der Waals surface area contributed by atoms with Crippen molar-refractivity contribution in [2.45, 2.75) is 39.0 Å². The van der Waals surface area contributed by atoms with Gasteiger partial charge in [-0.1, -0.05) is 13.0 Å². The third kappa shape index (κ3) is 4.18. The molecule has 1 saturated heterocycles. The number of anilines is 3. The van der Waals surface area contributed by atoms with Crippen molar-refractivity contribution in [2.24, 2.45) is 5.92 Å². The molecule has 0 bridgehead atoms. The Morgan fingerprint density at radius 3 is 2.69 bits per heavy atom. The molecule has 168 valence electrons. The van der Waals surface area contributed by atoms with Gasteiger partial charge in [0, 0.05) is 36.8 Å². The van der Waals surface area contributed by atoms with E-state index in [0.717, 1.165) is 25.9 Å². The van der Waals surface area contributed by atoms with Gasteiger partial charge in [0.25, 0.3) is 11.2 Å². The van der Waals surface area contributed by atoms with Gasteiger partial charge in [-0.05, 0) is 31.7 Å². The number of nitrogens with one attached hydrogen (secondary N) is 3. The van der Waals surface area contributed by atoms with Crippen molar-refractivity contribution in [3.05, 3.63) is 49.8 Å². The zero-order valence-electron chi connectivity index (χ0n) is 17.8. The second kappa shape index (κ2) is 8.40. The van der Waals surface area contributed by atoms with Crippen molar-refractivity contribution in [3.8, 4) is 0 Å². The van der Waals surface area contributed by atoms with Crippen LogP contribution in [0.15, 0.2) is 23.0 Å². The number of amides is 2. The predicted molar refractivity (Wildman–Crippen MR) is 118 cm³/mol. The average Bonchev–Trinajstić information content (AvgIpc) is 2.74. The van der Waals surface area contributed by atoms with E-state index in [1.807, 2.05) is 4.90 Å². The number of aromatic amines is 1. The van der Waals surface area contributed by atoms with E-state index in [1.54, 1.807) is 6.92 Å². The van der Waals surface area contributed by atoms with Crippen molar-refractivity contribution in [1.29, 1.82) is 0 Å². The number of aromatic nitrogens is 2. The molecule has 2 amide bonds. The van der Waals surface area contributed by atoms with Crippen LogP contribution < -0.4 is 21.1 Å². The number of rotatable bonds is 4. The van der Waals surface area contributed by atoms with Crippen LogP contribution in [0.5, 0.6) is 0 Å². The molecule has 1 aromatic carbocycles. The number of hydrogen-bond acceptors (Lipinski definition) is 7. The summed E-state index contributed by atoms with van der Waals surface area (Å²) >= 11 is 0. The van der Waals surface area contributed by atoms with Crippen molar-refractivity contribution >= 4 is 35.0 Å². The molecule has 1 atom stereocenters. The number of hydrogen-bond donors (Lipinski definition) is 3. The Morgan fingerprint density at radius 2 is 2.00 bits per heavy atom. The second-order valence-corrected chi connectivity index (χ2v) is 8.37. The van der Waals surface area contributed by atoms with E-state index in [4.69, 9.17) is 0 Å². The number of aryl methyl sites for hydroxylation is 1. The van der Waals surface area contributed by atoms with Crippen LogP contribution in [0.1, 0.15) is 43.2 Å². The topological polar surface area (TPSA) is 150 Å². The molecule has 32 heavy (non-hydrogen) atoms. The Balaban J connectivity index is 1.62. The van der Waals surface area contributed by atoms with Crippen LogP contribution in [0.3, 0.4) is 0 Å². The van der Waals surface area contributed by atoms with Crippen molar-refractivity contribution in [1.82, 2.24) is 9.97 Å². The number of carbonyl (C=O) groups excluding carboxylic acids is 2. The van der Waals surface area contributed by atoms with Gasteiger partial charge in [0.2, 0.25) is 17.8 Å². The lowest BCUT2D eigenvalue weighted by atomic mass is 9.92. The summed E-state index contributed by atoms with van der Waals surface area (Å²) in [4.78, 5) is 57.9. The number of nitro groups is 1. The fourth-order valence-corrected chi connectivity index (χ4v) is 4.07. The average molecular weight is 440 g/mol. The smallest absolute Gasteiger partial charge is 0.274 e. The highest BCUT2D eigenvalue weighted by Gasteiger charge is 2.35. The zero-order valence-corrected chi connectivity index (χ0v) is 17.8. The first kappa shape index (κ1) is 21.5. The van der Waals surface area contributed by atoms with Crippen LogP contribution in [-0.4, -0.2) is 39.8 Å². The van der Waals surface area contributed by atoms with Gasteiger partial charge in [-0.15, -0.1) is 0 Å². The van der Waals surface area contributed by atoms with E-state index < -0.39 is 28.2 Å². The quantitative estimate of drug-likeness (QED) is 0.487. The molecule has 3 N–H and O–H groups in total. The molecular formula is C21H24N6O5. The first-order chi connectivity index (χ1) is 15.2. The Labute approximate surface area is 183 Å². The fraction of sp³-hybridized carbons (Fsp3) is 0.429. The van der Waals surface area contributed by atoms with Crippen LogP contribution in [0.2, 0.25) is 0 Å². The number of nitrogens with zero attached hydrogens (tertiary/aromatic N) is 3. The molecule has 0 radical (unpaired) electrons. The Hall–Kier alpha value is -3.76. The van der Waals surface area contributed by atoms with Crippen LogP contribution in [0.25, 0.3) is 0 Å². The molecule has 11 nitrogen and oxygen atoms in total. The van der Waals surface area contributed by atoms with Crippen LogP contribution in [0.4, 0.5) is 23.1 Å². The highest BCUT2D eigenvalue weighted by atomic mass is 16.6. The van der Waals surface area contributed by atoms with Gasteiger partial charge < -0.3 is 15.5 Å². The first-order valence-corrected chi connectivity index (χ1v) is 10.5. The van der Waals surface area contributed by atoms with E-state index in [9.17, 15) is 24.5 Å². The summed E-state index contributed by atoms with van der Waals surface area (Å²) < 4.78 is 0. The Bertz CT molecular complexity index is 1150. The monoisotopic (exact) mass is 440 g/mol. The molecule has 1 aromatic heterocycles. The summed E-state index contributed by atoms with van der Waals surface area (Å²) in [6.45, 7) is 5.25. The minimum Gasteiger partial charge on any atom is -0.342 e. The van der Waals surface area contributed by atoms with Crippen molar-refractivity contribution in [2.75, 3.05) is 28.6 Å². The molecular weight excluding hydrogens is 416 g/mol. The van der Waals surface area contributed by atoms with E-state index >= 15 is 0 Å². The summed E-state index contributed by atoms with van der Waals surface area (Å²) in [5.74, 6) is -1.05. The number of nitro benzene ring substituents is 1. The van der Waals surface area contributed by atoms with E-state index in [2.05, 4.69) is 27.5 Å². The van der Waals surface area contributed by atoms with Gasteiger partial charge in [0.1, 0.15) is 5.82 Å². The summed E-state index contributed by atoms with van der Waals surface area (Å²) in [7, 11) is 0. The van der Waals surface area contributed by atoms with Crippen LogP contribution >= 0.6 is 0 Å². The summed E-state index contributed by atoms with van der Waals surface area (Å²) in [5, 5.41) is 16.4. The van der Waals surface area contributed by atoms with E-state index in [-0.39, 0.29) is 29.2 Å². The van der Waals surface area contributed by atoms with Gasteiger partial charge in [-0.2, -0.15) is 4.98 Å². The molecule has 4 rings (SSSR count). The minimum atomic E-state index is -1.06. The third-order valence-corrected chi connectivity index (χ3v) is 6.01. The largest absolute Gasteiger partial charge is 0.342 e. The maximum absolute atomic E-state index is 13.0. The van der Waals surface area contributed by atoms with E-state index in [1.165, 1.54) is 18.2 Å². The summed E-state index contributed by atoms with van der Waals surface area (Å²) in [5.41, 5.74) is 0.125. The van der Waals surface area contributed by atoms with Crippen molar-refractivity contribution in [3.63, 3.8) is 0 Å². The standard InChI is InChI=1S/C21H24N6O5/c1-11-5-7-26(8-6-11)21-24-18-17(20(30)25-21)14(10-16(28)23-18)19(29)22-13-4-3-12(2)15(9-13)27(31)32/h3-4,9,11,14H,5-8,10H2,1-2H3,(H,22,29)(H2,23,24,25,28,30)/t14-/m0/s1. The lowest BCUT2D eigenvalue weighted by Crippen LogP contribution is -2.39. The first-order valence-electron chi connectivity index (χ1n) is 10.5. The molecule has 2 aromatic rings. The molecule has 2 aliphatic heterocycles. The normalized spacial score (nSPS) is 18.6. The lowest BCUT2D eigenvalue weighted by Gasteiger charge is -2.31. The van der Waals surface area contributed by atoms with Crippen LogP contribution in [0, 0.1) is 23.0 Å². The fourth-order valence-electron chi connectivity index (χ4n) is 4.07.